The molecule has 0 saturated carbocycles. The second-order valence-corrected chi connectivity index (χ2v) is 3.88. The van der Waals surface area contributed by atoms with Gasteiger partial charge in [0.1, 0.15) is 5.69 Å². The number of anilines is 1. The number of nitrogens with zero attached hydrogens (tertiary/aromatic N) is 1. The standard InChI is InChI=1S/C12H17N3O3/c13-7-3-1-2-4-11(16)15-9-5-6-10(12(17)18)14-8-9/h5-6,8H,1-4,7,13H2,(H,15,16)(H,17,18). The van der Waals surface area contributed by atoms with Gasteiger partial charge in [0.05, 0.1) is 11.9 Å². The van der Waals surface area contributed by atoms with Gasteiger partial charge in [-0.3, -0.25) is 4.79 Å². The van der Waals surface area contributed by atoms with Crippen molar-refractivity contribution in [2.75, 3.05) is 11.9 Å². The molecule has 0 radical (unpaired) electrons. The van der Waals surface area contributed by atoms with E-state index in [-0.39, 0.29) is 11.6 Å². The maximum absolute atomic E-state index is 11.5. The van der Waals surface area contributed by atoms with Gasteiger partial charge in [0, 0.05) is 6.42 Å². The molecule has 4 N–H and O–H groups in total. The molecular formula is C12H17N3O3. The summed E-state index contributed by atoms with van der Waals surface area (Å²) in [7, 11) is 0. The van der Waals surface area contributed by atoms with Crippen molar-refractivity contribution in [3.05, 3.63) is 24.0 Å². The molecule has 1 aromatic heterocycles. The zero-order valence-electron chi connectivity index (χ0n) is 10.1. The first-order valence-corrected chi connectivity index (χ1v) is 5.82. The van der Waals surface area contributed by atoms with Crippen molar-refractivity contribution in [3.8, 4) is 0 Å². The highest BCUT2D eigenvalue weighted by Crippen LogP contribution is 2.08. The topological polar surface area (TPSA) is 105 Å². The Balaban J connectivity index is 2.37. The number of hydrogen-bond acceptors (Lipinski definition) is 4. The molecule has 1 aromatic rings. The van der Waals surface area contributed by atoms with Crippen molar-refractivity contribution in [1.82, 2.24) is 4.98 Å². The summed E-state index contributed by atoms with van der Waals surface area (Å²) < 4.78 is 0. The van der Waals surface area contributed by atoms with E-state index < -0.39 is 5.97 Å². The Hall–Kier alpha value is -1.95. The average molecular weight is 251 g/mol. The van der Waals surface area contributed by atoms with Crippen LogP contribution in [0.15, 0.2) is 18.3 Å². The number of unbranched alkanes of at least 4 members (excludes halogenated alkanes) is 2. The summed E-state index contributed by atoms with van der Waals surface area (Å²) in [5, 5.41) is 11.3. The number of rotatable bonds is 7. The summed E-state index contributed by atoms with van der Waals surface area (Å²) in [5.41, 5.74) is 5.81. The summed E-state index contributed by atoms with van der Waals surface area (Å²) in [6.45, 7) is 0.641. The van der Waals surface area contributed by atoms with Gasteiger partial charge >= 0.3 is 5.97 Å². The predicted octanol–water partition coefficient (Wildman–Crippen LogP) is 1.24. The first-order valence-electron chi connectivity index (χ1n) is 5.82. The van der Waals surface area contributed by atoms with Crippen LogP contribution in [-0.4, -0.2) is 28.5 Å². The van der Waals surface area contributed by atoms with E-state index in [9.17, 15) is 9.59 Å². The van der Waals surface area contributed by atoms with Gasteiger partial charge in [-0.05, 0) is 31.5 Å². The highest BCUT2D eigenvalue weighted by molar-refractivity contribution is 5.91. The lowest BCUT2D eigenvalue weighted by Crippen LogP contribution is -2.12. The number of carboxylic acid groups (broad SMARTS) is 1. The van der Waals surface area contributed by atoms with Crippen molar-refractivity contribution < 1.29 is 14.7 Å². The molecule has 0 atom stereocenters. The van der Waals surface area contributed by atoms with Crippen LogP contribution in [0.4, 0.5) is 5.69 Å². The third kappa shape index (κ3) is 4.92. The second-order valence-electron chi connectivity index (χ2n) is 3.88. The molecule has 98 valence electrons. The van der Waals surface area contributed by atoms with E-state index in [0.717, 1.165) is 19.3 Å². The van der Waals surface area contributed by atoms with Crippen LogP contribution in [0.1, 0.15) is 36.2 Å². The molecule has 0 spiro atoms. The number of aromatic nitrogens is 1. The predicted molar refractivity (Wildman–Crippen MR) is 67.3 cm³/mol. The molecule has 1 heterocycles. The van der Waals surface area contributed by atoms with Crippen molar-refractivity contribution in [2.45, 2.75) is 25.7 Å². The minimum Gasteiger partial charge on any atom is -0.477 e. The summed E-state index contributed by atoms with van der Waals surface area (Å²) in [4.78, 5) is 25.8. The fraction of sp³-hybridized carbons (Fsp3) is 0.417. The molecule has 18 heavy (non-hydrogen) atoms. The van der Waals surface area contributed by atoms with Gasteiger partial charge < -0.3 is 16.2 Å². The lowest BCUT2D eigenvalue weighted by molar-refractivity contribution is -0.116. The molecule has 0 fully saturated rings. The van der Waals surface area contributed by atoms with Gasteiger partial charge in [-0.15, -0.1) is 0 Å². The summed E-state index contributed by atoms with van der Waals surface area (Å²) in [6, 6.07) is 2.88. The first kappa shape index (κ1) is 14.1. The Bertz CT molecular complexity index is 404. The number of amides is 1. The molecule has 6 heteroatoms. The minimum absolute atomic E-state index is 0.0454. The lowest BCUT2D eigenvalue weighted by Gasteiger charge is -2.04. The fourth-order valence-corrected chi connectivity index (χ4v) is 1.42. The molecule has 0 aliphatic heterocycles. The van der Waals surface area contributed by atoms with E-state index in [4.69, 9.17) is 10.8 Å². The zero-order valence-corrected chi connectivity index (χ0v) is 10.1. The van der Waals surface area contributed by atoms with Crippen LogP contribution in [0.5, 0.6) is 0 Å². The second kappa shape index (κ2) is 7.39. The minimum atomic E-state index is -1.09. The monoisotopic (exact) mass is 251 g/mol. The van der Waals surface area contributed by atoms with Gasteiger partial charge in [0.2, 0.25) is 5.91 Å². The Morgan fingerprint density at radius 1 is 1.28 bits per heavy atom. The molecule has 0 aliphatic carbocycles. The van der Waals surface area contributed by atoms with E-state index >= 15 is 0 Å². The number of hydrogen-bond donors (Lipinski definition) is 3. The maximum atomic E-state index is 11.5. The third-order valence-electron chi connectivity index (χ3n) is 2.37. The number of pyridine rings is 1. The molecule has 0 unspecified atom stereocenters. The van der Waals surface area contributed by atoms with E-state index in [0.29, 0.717) is 18.7 Å². The van der Waals surface area contributed by atoms with Crippen LogP contribution < -0.4 is 11.1 Å². The third-order valence-corrected chi connectivity index (χ3v) is 2.37. The highest BCUT2D eigenvalue weighted by Gasteiger charge is 2.05. The summed E-state index contributed by atoms with van der Waals surface area (Å²) >= 11 is 0. The zero-order chi connectivity index (χ0) is 13.4. The van der Waals surface area contributed by atoms with Crippen LogP contribution in [0.25, 0.3) is 0 Å². The summed E-state index contributed by atoms with van der Waals surface area (Å²) in [6.07, 6.45) is 4.41. The Kier molecular flexibility index (Phi) is 5.79. The van der Waals surface area contributed by atoms with Crippen LogP contribution in [0.2, 0.25) is 0 Å². The van der Waals surface area contributed by atoms with E-state index in [1.54, 1.807) is 0 Å². The molecule has 0 aliphatic rings. The fourth-order valence-electron chi connectivity index (χ4n) is 1.42. The van der Waals surface area contributed by atoms with Gasteiger partial charge in [0.15, 0.2) is 0 Å². The molecule has 6 nitrogen and oxygen atoms in total. The smallest absolute Gasteiger partial charge is 0.354 e. The molecule has 0 aromatic carbocycles. The SMILES string of the molecule is NCCCCCC(=O)Nc1ccc(C(=O)O)nc1. The van der Waals surface area contributed by atoms with E-state index in [1.165, 1.54) is 18.3 Å². The van der Waals surface area contributed by atoms with Crippen LogP contribution >= 0.6 is 0 Å². The van der Waals surface area contributed by atoms with Crippen molar-refractivity contribution in [1.29, 1.82) is 0 Å². The maximum Gasteiger partial charge on any atom is 0.354 e. The number of aromatic carboxylic acids is 1. The Morgan fingerprint density at radius 2 is 2.06 bits per heavy atom. The van der Waals surface area contributed by atoms with Gasteiger partial charge in [-0.25, -0.2) is 9.78 Å². The Labute approximate surface area is 105 Å². The van der Waals surface area contributed by atoms with Crippen molar-refractivity contribution in [3.63, 3.8) is 0 Å². The highest BCUT2D eigenvalue weighted by atomic mass is 16.4. The molecular weight excluding hydrogens is 234 g/mol. The van der Waals surface area contributed by atoms with Gasteiger partial charge in [-0.1, -0.05) is 6.42 Å². The lowest BCUT2D eigenvalue weighted by atomic mass is 10.2. The van der Waals surface area contributed by atoms with E-state index in [1.807, 2.05) is 0 Å². The average Bonchev–Trinajstić information content (AvgIpc) is 2.35. The van der Waals surface area contributed by atoms with E-state index in [2.05, 4.69) is 10.3 Å². The van der Waals surface area contributed by atoms with Crippen LogP contribution in [-0.2, 0) is 4.79 Å². The van der Waals surface area contributed by atoms with Gasteiger partial charge in [-0.2, -0.15) is 0 Å². The molecule has 0 bridgehead atoms. The largest absolute Gasteiger partial charge is 0.477 e. The Morgan fingerprint density at radius 3 is 2.61 bits per heavy atom. The van der Waals surface area contributed by atoms with Crippen molar-refractivity contribution >= 4 is 17.6 Å². The summed E-state index contributed by atoms with van der Waals surface area (Å²) in [5.74, 6) is -1.19. The molecule has 1 amide bonds. The van der Waals surface area contributed by atoms with Crippen molar-refractivity contribution in [2.24, 2.45) is 5.73 Å². The molecule has 1 rings (SSSR count). The number of carbonyl (C=O) groups is 2. The van der Waals surface area contributed by atoms with Crippen LogP contribution in [0.3, 0.4) is 0 Å². The number of nitrogens with one attached hydrogen (secondary N) is 1. The first-order chi connectivity index (χ1) is 8.63. The normalized spacial score (nSPS) is 10.1. The number of nitrogens with two attached hydrogens (primary N) is 1. The number of carboxylic acids is 1. The molecule has 0 saturated heterocycles. The van der Waals surface area contributed by atoms with Crippen LogP contribution in [0, 0.1) is 0 Å². The quantitative estimate of drug-likeness (QED) is 0.632. The van der Waals surface area contributed by atoms with Gasteiger partial charge in [0.25, 0.3) is 0 Å². The number of carbonyl (C=O) groups excluding carboxylic acids is 1.